The van der Waals surface area contributed by atoms with Gasteiger partial charge >= 0.3 is 0 Å². The number of ether oxygens (including phenoxy) is 3. The van der Waals surface area contributed by atoms with E-state index < -0.39 is 6.23 Å². The molecule has 4 rings (SSSR count). The summed E-state index contributed by atoms with van der Waals surface area (Å²) >= 11 is 0. The summed E-state index contributed by atoms with van der Waals surface area (Å²) in [6.07, 6.45) is 7.09. The van der Waals surface area contributed by atoms with Crippen LogP contribution in [0.15, 0.2) is 47.7 Å². The van der Waals surface area contributed by atoms with Crippen LogP contribution in [0.1, 0.15) is 44.3 Å². The van der Waals surface area contributed by atoms with Gasteiger partial charge in [0.05, 0.1) is 13.2 Å². The zero-order valence-corrected chi connectivity index (χ0v) is 17.1. The monoisotopic (exact) mass is 385 g/mol. The van der Waals surface area contributed by atoms with Crippen LogP contribution in [0, 0.1) is 5.92 Å². The second-order valence-corrected chi connectivity index (χ2v) is 8.22. The summed E-state index contributed by atoms with van der Waals surface area (Å²) in [6, 6.07) is 8.17. The number of likely N-dealkylation sites (tertiary alicyclic amines) is 1. The van der Waals surface area contributed by atoms with Crippen molar-refractivity contribution in [3.05, 3.63) is 53.3 Å². The first-order valence-corrected chi connectivity index (χ1v) is 10.2. The van der Waals surface area contributed by atoms with E-state index in [9.17, 15) is 5.11 Å². The Balaban J connectivity index is 1.49. The SMILES string of the molecule is COC1=C(C(O)N2CCC3(CC2)CC(OC)c2ccccc2O3)C(C)CC=C1. The molecule has 1 aromatic carbocycles. The summed E-state index contributed by atoms with van der Waals surface area (Å²) in [7, 11) is 3.45. The molecular weight excluding hydrogens is 354 g/mol. The van der Waals surface area contributed by atoms with Crippen LogP contribution in [0.4, 0.5) is 0 Å². The summed E-state index contributed by atoms with van der Waals surface area (Å²) in [5.74, 6) is 2.01. The van der Waals surface area contributed by atoms with Gasteiger partial charge in [-0.05, 0) is 24.5 Å². The van der Waals surface area contributed by atoms with Crippen LogP contribution in [0.3, 0.4) is 0 Å². The van der Waals surface area contributed by atoms with Crippen LogP contribution >= 0.6 is 0 Å². The molecule has 5 heteroatoms. The lowest BCUT2D eigenvalue weighted by molar-refractivity contribution is -0.0881. The highest BCUT2D eigenvalue weighted by Gasteiger charge is 2.44. The van der Waals surface area contributed by atoms with Gasteiger partial charge in [-0.2, -0.15) is 0 Å². The number of rotatable bonds is 4. The number of aliphatic hydroxyl groups is 1. The minimum Gasteiger partial charge on any atom is -0.497 e. The third-order valence-electron chi connectivity index (χ3n) is 6.56. The molecule has 0 amide bonds. The Bertz CT molecular complexity index is 764. The normalized spacial score (nSPS) is 28.0. The second kappa shape index (κ2) is 7.90. The van der Waals surface area contributed by atoms with E-state index in [0.29, 0.717) is 0 Å². The predicted octanol–water partition coefficient (Wildman–Crippen LogP) is 3.81. The number of allylic oxidation sites excluding steroid dienone is 2. The molecule has 1 aromatic rings. The largest absolute Gasteiger partial charge is 0.497 e. The molecule has 2 heterocycles. The number of hydrogen-bond donors (Lipinski definition) is 1. The number of methoxy groups -OCH3 is 2. The molecule has 0 bridgehead atoms. The average molecular weight is 386 g/mol. The third kappa shape index (κ3) is 3.47. The Hall–Kier alpha value is -1.82. The maximum absolute atomic E-state index is 11.1. The molecule has 1 aliphatic carbocycles. The van der Waals surface area contributed by atoms with Crippen molar-refractivity contribution in [1.82, 2.24) is 4.90 Å². The van der Waals surface area contributed by atoms with E-state index in [1.165, 1.54) is 0 Å². The summed E-state index contributed by atoms with van der Waals surface area (Å²) in [6.45, 7) is 3.73. The number of para-hydroxylation sites is 1. The Kier molecular flexibility index (Phi) is 5.50. The van der Waals surface area contributed by atoms with Crippen molar-refractivity contribution in [2.45, 2.75) is 50.5 Å². The average Bonchev–Trinajstić information content (AvgIpc) is 2.73. The van der Waals surface area contributed by atoms with Crippen molar-refractivity contribution >= 4 is 0 Å². The van der Waals surface area contributed by atoms with Gasteiger partial charge in [-0.25, -0.2) is 0 Å². The Morgan fingerprint density at radius 1 is 1.21 bits per heavy atom. The second-order valence-electron chi connectivity index (χ2n) is 8.22. The number of fused-ring (bicyclic) bond motifs is 1. The molecule has 3 aliphatic rings. The van der Waals surface area contributed by atoms with Crippen LogP contribution in [0.5, 0.6) is 5.75 Å². The third-order valence-corrected chi connectivity index (χ3v) is 6.56. The smallest absolute Gasteiger partial charge is 0.133 e. The van der Waals surface area contributed by atoms with Gasteiger partial charge in [-0.3, -0.25) is 4.90 Å². The fraction of sp³-hybridized carbons (Fsp3) is 0.565. The van der Waals surface area contributed by atoms with E-state index in [0.717, 1.165) is 61.4 Å². The summed E-state index contributed by atoms with van der Waals surface area (Å²) < 4.78 is 17.8. The number of nitrogens with zero attached hydrogens (tertiary/aromatic N) is 1. The molecule has 152 valence electrons. The first-order valence-electron chi connectivity index (χ1n) is 10.2. The predicted molar refractivity (Wildman–Crippen MR) is 108 cm³/mol. The number of piperidine rings is 1. The zero-order chi connectivity index (χ0) is 19.7. The van der Waals surface area contributed by atoms with Gasteiger partial charge in [0.25, 0.3) is 0 Å². The molecule has 0 saturated carbocycles. The Morgan fingerprint density at radius 3 is 2.68 bits per heavy atom. The molecule has 0 aromatic heterocycles. The first kappa shape index (κ1) is 19.5. The van der Waals surface area contributed by atoms with Gasteiger partial charge in [-0.1, -0.05) is 31.2 Å². The lowest BCUT2D eigenvalue weighted by atomic mass is 9.81. The van der Waals surface area contributed by atoms with Crippen LogP contribution in [0.2, 0.25) is 0 Å². The topological polar surface area (TPSA) is 51.2 Å². The van der Waals surface area contributed by atoms with E-state index in [-0.39, 0.29) is 17.6 Å². The molecule has 1 N–H and O–H groups in total. The van der Waals surface area contributed by atoms with Crippen molar-refractivity contribution in [3.8, 4) is 5.75 Å². The lowest BCUT2D eigenvalue weighted by Gasteiger charge is -2.47. The Morgan fingerprint density at radius 2 is 1.96 bits per heavy atom. The molecule has 1 fully saturated rings. The van der Waals surface area contributed by atoms with Gasteiger partial charge in [0, 0.05) is 50.6 Å². The van der Waals surface area contributed by atoms with Crippen molar-refractivity contribution in [2.75, 3.05) is 27.3 Å². The summed E-state index contributed by atoms with van der Waals surface area (Å²) in [5.41, 5.74) is 1.91. The number of aliphatic hydroxyl groups excluding tert-OH is 1. The summed E-state index contributed by atoms with van der Waals surface area (Å²) in [5, 5.41) is 11.1. The highest BCUT2D eigenvalue weighted by Crippen LogP contribution is 2.46. The van der Waals surface area contributed by atoms with E-state index >= 15 is 0 Å². The lowest BCUT2D eigenvalue weighted by Crippen LogP contribution is -2.53. The van der Waals surface area contributed by atoms with Gasteiger partial charge in [0.15, 0.2) is 0 Å². The Labute approximate surface area is 167 Å². The highest BCUT2D eigenvalue weighted by molar-refractivity contribution is 5.38. The highest BCUT2D eigenvalue weighted by atomic mass is 16.5. The van der Waals surface area contributed by atoms with E-state index in [2.05, 4.69) is 24.0 Å². The molecule has 1 spiro atoms. The summed E-state index contributed by atoms with van der Waals surface area (Å²) in [4.78, 5) is 2.15. The van der Waals surface area contributed by atoms with Crippen molar-refractivity contribution in [3.63, 3.8) is 0 Å². The van der Waals surface area contributed by atoms with Crippen molar-refractivity contribution in [2.24, 2.45) is 5.92 Å². The fourth-order valence-corrected chi connectivity index (χ4v) is 4.86. The molecule has 0 radical (unpaired) electrons. The van der Waals surface area contributed by atoms with Crippen molar-refractivity contribution in [1.29, 1.82) is 0 Å². The molecule has 3 unspecified atom stereocenters. The van der Waals surface area contributed by atoms with Gasteiger partial charge in [-0.15, -0.1) is 0 Å². The molecule has 5 nitrogen and oxygen atoms in total. The van der Waals surface area contributed by atoms with Gasteiger partial charge < -0.3 is 19.3 Å². The van der Waals surface area contributed by atoms with Crippen LogP contribution < -0.4 is 4.74 Å². The minimum atomic E-state index is -0.610. The van der Waals surface area contributed by atoms with Crippen LogP contribution in [-0.4, -0.2) is 49.1 Å². The van der Waals surface area contributed by atoms with Gasteiger partial charge in [0.1, 0.15) is 23.3 Å². The zero-order valence-electron chi connectivity index (χ0n) is 17.1. The van der Waals surface area contributed by atoms with Crippen molar-refractivity contribution < 1.29 is 19.3 Å². The maximum atomic E-state index is 11.1. The first-order chi connectivity index (χ1) is 13.6. The van der Waals surface area contributed by atoms with E-state index in [4.69, 9.17) is 14.2 Å². The number of benzene rings is 1. The molecular formula is C23H31NO4. The maximum Gasteiger partial charge on any atom is 0.133 e. The quantitative estimate of drug-likeness (QED) is 0.854. The van der Waals surface area contributed by atoms with Crippen LogP contribution in [-0.2, 0) is 9.47 Å². The fourth-order valence-electron chi connectivity index (χ4n) is 4.86. The molecule has 2 aliphatic heterocycles. The minimum absolute atomic E-state index is 0.0627. The molecule has 28 heavy (non-hydrogen) atoms. The van der Waals surface area contributed by atoms with E-state index in [1.54, 1.807) is 14.2 Å². The number of hydrogen-bond acceptors (Lipinski definition) is 5. The standard InChI is InChI=1S/C23H31NO4/c1-16-7-6-10-19(26-2)21(16)22(25)24-13-11-23(12-14-24)15-20(27-3)17-8-4-5-9-18(17)28-23/h4-6,8-10,16,20,22,25H,7,11-15H2,1-3H3. The van der Waals surface area contributed by atoms with E-state index in [1.807, 2.05) is 24.3 Å². The van der Waals surface area contributed by atoms with Gasteiger partial charge in [0.2, 0.25) is 0 Å². The molecule has 3 atom stereocenters. The molecule has 1 saturated heterocycles. The van der Waals surface area contributed by atoms with Crippen LogP contribution in [0.25, 0.3) is 0 Å².